The third kappa shape index (κ3) is 1.84. The first kappa shape index (κ1) is 14.2. The zero-order valence-corrected chi connectivity index (χ0v) is 13.6. The number of fused-ring (bicyclic) bond motifs is 5. The Morgan fingerprint density at radius 3 is 2.62 bits per heavy atom. The largest absolute Gasteiger partial charge is 0.393 e. The Morgan fingerprint density at radius 2 is 1.81 bits per heavy atom. The van der Waals surface area contributed by atoms with E-state index in [2.05, 4.69) is 13.8 Å². The molecule has 2 nitrogen and oxygen atoms in total. The first-order valence-electron chi connectivity index (χ1n) is 9.16. The molecule has 4 aliphatic carbocycles. The topological polar surface area (TPSA) is 37.3 Å². The zero-order chi connectivity index (χ0) is 14.8. The molecule has 4 saturated carbocycles. The van der Waals surface area contributed by atoms with E-state index in [4.69, 9.17) is 0 Å². The minimum absolute atomic E-state index is 0.0124. The summed E-state index contributed by atoms with van der Waals surface area (Å²) in [5.74, 6) is 3.54. The monoisotopic (exact) mass is 290 g/mol. The van der Waals surface area contributed by atoms with E-state index in [9.17, 15) is 9.90 Å². The molecule has 0 aromatic carbocycles. The predicted octanol–water partition coefficient (Wildman–Crippen LogP) is 3.96. The van der Waals surface area contributed by atoms with Gasteiger partial charge in [-0.15, -0.1) is 0 Å². The van der Waals surface area contributed by atoms with Crippen LogP contribution in [0.5, 0.6) is 0 Å². The molecular weight excluding hydrogens is 260 g/mol. The van der Waals surface area contributed by atoms with E-state index in [1.165, 1.54) is 25.7 Å². The fourth-order valence-corrected chi connectivity index (χ4v) is 7.01. The molecule has 0 aliphatic heterocycles. The van der Waals surface area contributed by atoms with Crippen molar-refractivity contribution >= 4 is 5.78 Å². The number of aliphatic hydroxyl groups is 1. The van der Waals surface area contributed by atoms with Crippen molar-refractivity contribution in [3.05, 3.63) is 0 Å². The van der Waals surface area contributed by atoms with Gasteiger partial charge in [0.25, 0.3) is 0 Å². The maximum Gasteiger partial charge on any atom is 0.139 e. The highest BCUT2D eigenvalue weighted by atomic mass is 16.3. The van der Waals surface area contributed by atoms with Crippen LogP contribution in [-0.4, -0.2) is 17.0 Å². The van der Waals surface area contributed by atoms with Gasteiger partial charge in [-0.3, -0.25) is 4.79 Å². The van der Waals surface area contributed by atoms with Crippen LogP contribution in [0.25, 0.3) is 0 Å². The third-order valence-electron chi connectivity index (χ3n) is 8.35. The smallest absolute Gasteiger partial charge is 0.139 e. The van der Waals surface area contributed by atoms with Gasteiger partial charge in [0.15, 0.2) is 0 Å². The quantitative estimate of drug-likeness (QED) is 0.733. The van der Waals surface area contributed by atoms with Gasteiger partial charge in [0.1, 0.15) is 5.78 Å². The Morgan fingerprint density at radius 1 is 1.00 bits per heavy atom. The lowest BCUT2D eigenvalue weighted by Crippen LogP contribution is -2.54. The van der Waals surface area contributed by atoms with Crippen molar-refractivity contribution in [2.75, 3.05) is 0 Å². The first-order chi connectivity index (χ1) is 9.95. The van der Waals surface area contributed by atoms with E-state index in [-0.39, 0.29) is 11.5 Å². The van der Waals surface area contributed by atoms with Crippen LogP contribution in [-0.2, 0) is 4.79 Å². The van der Waals surface area contributed by atoms with Crippen LogP contribution in [0, 0.1) is 34.5 Å². The summed E-state index contributed by atoms with van der Waals surface area (Å²) >= 11 is 0. The van der Waals surface area contributed by atoms with Gasteiger partial charge in [0.05, 0.1) is 6.10 Å². The second kappa shape index (κ2) is 4.57. The van der Waals surface area contributed by atoms with Crippen molar-refractivity contribution in [2.45, 2.75) is 77.7 Å². The van der Waals surface area contributed by atoms with Gasteiger partial charge in [0, 0.05) is 11.8 Å². The average Bonchev–Trinajstić information content (AvgIpc) is 2.76. The summed E-state index contributed by atoms with van der Waals surface area (Å²) in [6.45, 7) is 4.78. The molecule has 0 spiro atoms. The minimum Gasteiger partial charge on any atom is -0.393 e. The molecule has 4 fully saturated rings. The van der Waals surface area contributed by atoms with E-state index in [1.807, 2.05) is 0 Å². The minimum atomic E-state index is -0.0541. The number of carbonyl (C=O) groups excluding carboxylic acids is 1. The van der Waals surface area contributed by atoms with Crippen LogP contribution < -0.4 is 0 Å². The van der Waals surface area contributed by atoms with E-state index in [1.54, 1.807) is 0 Å². The Hall–Kier alpha value is -0.370. The molecule has 0 heterocycles. The molecule has 2 unspecified atom stereocenters. The van der Waals surface area contributed by atoms with Gasteiger partial charge < -0.3 is 5.11 Å². The lowest BCUT2D eigenvalue weighted by atomic mass is 9.45. The lowest BCUT2D eigenvalue weighted by Gasteiger charge is -2.60. The molecule has 1 N–H and O–H groups in total. The third-order valence-corrected chi connectivity index (χ3v) is 8.35. The van der Waals surface area contributed by atoms with Crippen molar-refractivity contribution in [1.29, 1.82) is 0 Å². The van der Waals surface area contributed by atoms with E-state index < -0.39 is 0 Å². The van der Waals surface area contributed by atoms with Gasteiger partial charge in [-0.05, 0) is 80.5 Å². The van der Waals surface area contributed by atoms with Crippen LogP contribution in [0.2, 0.25) is 0 Å². The van der Waals surface area contributed by atoms with Gasteiger partial charge in [0.2, 0.25) is 0 Å². The highest BCUT2D eigenvalue weighted by Crippen LogP contribution is 2.65. The average molecular weight is 290 g/mol. The van der Waals surface area contributed by atoms with E-state index in [0.29, 0.717) is 17.1 Å². The van der Waals surface area contributed by atoms with E-state index in [0.717, 1.165) is 49.9 Å². The molecule has 0 amide bonds. The van der Waals surface area contributed by atoms with Crippen molar-refractivity contribution in [2.24, 2.45) is 34.5 Å². The van der Waals surface area contributed by atoms with Crippen LogP contribution in [0.1, 0.15) is 71.6 Å². The van der Waals surface area contributed by atoms with Gasteiger partial charge in [-0.1, -0.05) is 13.8 Å². The second-order valence-electron chi connectivity index (χ2n) is 9.00. The van der Waals surface area contributed by atoms with Crippen LogP contribution in [0.4, 0.5) is 0 Å². The lowest BCUT2D eigenvalue weighted by molar-refractivity contribution is -0.142. The molecule has 21 heavy (non-hydrogen) atoms. The summed E-state index contributed by atoms with van der Waals surface area (Å²) in [7, 11) is 0. The molecule has 0 bridgehead atoms. The fraction of sp³-hybridized carbons (Fsp3) is 0.947. The molecular formula is C19H30O2. The molecule has 2 heteroatoms. The molecule has 118 valence electrons. The van der Waals surface area contributed by atoms with Crippen molar-refractivity contribution in [3.8, 4) is 0 Å². The normalized spacial score (nSPS) is 56.5. The number of carbonyl (C=O) groups is 1. The first-order valence-corrected chi connectivity index (χ1v) is 9.16. The zero-order valence-electron chi connectivity index (χ0n) is 13.6. The highest BCUT2D eigenvalue weighted by Gasteiger charge is 2.60. The number of hydrogen-bond donors (Lipinski definition) is 1. The summed E-state index contributed by atoms with van der Waals surface area (Å²) in [5, 5.41) is 10.0. The molecule has 4 rings (SSSR count). The van der Waals surface area contributed by atoms with Crippen molar-refractivity contribution in [1.82, 2.24) is 0 Å². The highest BCUT2D eigenvalue weighted by molar-refractivity contribution is 5.87. The molecule has 4 aliphatic rings. The van der Waals surface area contributed by atoms with Crippen molar-refractivity contribution in [3.63, 3.8) is 0 Å². The maximum atomic E-state index is 12.4. The molecule has 0 aromatic rings. The summed E-state index contributed by atoms with van der Waals surface area (Å²) in [6.07, 6.45) is 10.1. The maximum absolute atomic E-state index is 12.4. The number of rotatable bonds is 0. The van der Waals surface area contributed by atoms with E-state index >= 15 is 0 Å². The van der Waals surface area contributed by atoms with Crippen LogP contribution in [0.3, 0.4) is 0 Å². The van der Waals surface area contributed by atoms with Gasteiger partial charge >= 0.3 is 0 Å². The van der Waals surface area contributed by atoms with Gasteiger partial charge in [-0.2, -0.15) is 0 Å². The Labute approximate surface area is 128 Å². The van der Waals surface area contributed by atoms with Crippen LogP contribution in [0.15, 0.2) is 0 Å². The van der Waals surface area contributed by atoms with Gasteiger partial charge in [-0.25, -0.2) is 0 Å². The van der Waals surface area contributed by atoms with Crippen molar-refractivity contribution < 1.29 is 9.90 Å². The molecule has 0 saturated heterocycles. The molecule has 7 atom stereocenters. The summed E-state index contributed by atoms with van der Waals surface area (Å²) in [5.41, 5.74) is 0.452. The fourth-order valence-electron chi connectivity index (χ4n) is 7.01. The second-order valence-corrected chi connectivity index (χ2v) is 9.00. The summed E-state index contributed by atoms with van der Waals surface area (Å²) < 4.78 is 0. The number of ketones is 1. The molecule has 0 radical (unpaired) electrons. The Balaban J connectivity index is 1.64. The summed E-state index contributed by atoms with van der Waals surface area (Å²) in [6, 6.07) is 0. The number of Topliss-reactive ketones (excluding diaryl/α,β-unsaturated/α-hetero) is 1. The predicted molar refractivity (Wildman–Crippen MR) is 82.7 cm³/mol. The SMILES string of the molecule is C[C@]12CC[C@H](O)CC1CC[C@@H]1C3CCC(=O)[C@@]3(C)CC[C@H]12. The Bertz CT molecular complexity index is 458. The standard InChI is InChI=1S/C19H30O2/c1-18-9-7-13(20)11-12(18)3-4-14-15-5-6-17(21)19(15,2)10-8-16(14)18/h12-16,20H,3-11H2,1-2H3/t12?,13-,14+,15?,16+,18-,19-/m0/s1. The number of hydrogen-bond acceptors (Lipinski definition) is 2. The number of aliphatic hydroxyl groups excluding tert-OH is 1. The summed E-state index contributed by atoms with van der Waals surface area (Å²) in [4.78, 5) is 12.4. The molecule has 0 aromatic heterocycles. The Kier molecular flexibility index (Phi) is 3.10. The van der Waals surface area contributed by atoms with Crippen LogP contribution >= 0.6 is 0 Å².